The summed E-state index contributed by atoms with van der Waals surface area (Å²) in [4.78, 5) is 27.1. The van der Waals surface area contributed by atoms with E-state index in [1.54, 1.807) is 37.1 Å². The molecule has 2 aliphatic rings. The maximum Gasteiger partial charge on any atom is 0.278 e. The lowest BCUT2D eigenvalue weighted by molar-refractivity contribution is 0.0672. The molecule has 0 spiro atoms. The minimum Gasteiger partial charge on any atom is -0.337 e. The van der Waals surface area contributed by atoms with Gasteiger partial charge in [0.2, 0.25) is 5.43 Å². The summed E-state index contributed by atoms with van der Waals surface area (Å²) in [5.41, 5.74) is 0.0851. The van der Waals surface area contributed by atoms with E-state index in [2.05, 4.69) is 10.4 Å². The molecule has 8 heteroatoms. The second-order valence-corrected chi connectivity index (χ2v) is 7.54. The third-order valence-corrected chi connectivity index (χ3v) is 5.71. The molecule has 150 valence electrons. The van der Waals surface area contributed by atoms with Crippen LogP contribution in [0.15, 0.2) is 35.1 Å². The molecule has 6 nitrogen and oxygen atoms in total. The van der Waals surface area contributed by atoms with Gasteiger partial charge in [0.05, 0.1) is 0 Å². The SMILES string of the molecule is Cc1cc(=O)c(C(=O)N(C)C2CC3CCC(C2)N3)nn1-c1ccccc1F.Cl. The number of benzene rings is 1. The van der Waals surface area contributed by atoms with Gasteiger partial charge >= 0.3 is 0 Å². The molecule has 4 rings (SSSR count). The summed E-state index contributed by atoms with van der Waals surface area (Å²) in [6, 6.07) is 8.47. The van der Waals surface area contributed by atoms with Gasteiger partial charge in [-0.3, -0.25) is 9.59 Å². The number of piperidine rings is 1. The summed E-state index contributed by atoms with van der Waals surface area (Å²) in [7, 11) is 1.73. The summed E-state index contributed by atoms with van der Waals surface area (Å²) in [6.45, 7) is 1.67. The third-order valence-electron chi connectivity index (χ3n) is 5.71. The topological polar surface area (TPSA) is 67.2 Å². The Balaban J connectivity index is 0.00000225. The molecule has 1 aromatic carbocycles. The molecular formula is C20H24ClFN4O2. The average molecular weight is 407 g/mol. The van der Waals surface area contributed by atoms with Crippen LogP contribution in [0.1, 0.15) is 41.9 Å². The number of amides is 1. The van der Waals surface area contributed by atoms with Gasteiger partial charge in [-0.1, -0.05) is 12.1 Å². The Morgan fingerprint density at radius 2 is 1.89 bits per heavy atom. The van der Waals surface area contributed by atoms with Crippen LogP contribution in [0.25, 0.3) is 5.69 Å². The number of hydrogen-bond donors (Lipinski definition) is 1. The molecule has 1 N–H and O–H groups in total. The van der Waals surface area contributed by atoms with Crippen molar-refractivity contribution in [3.8, 4) is 5.69 Å². The maximum absolute atomic E-state index is 14.2. The lowest BCUT2D eigenvalue weighted by Gasteiger charge is -2.35. The van der Waals surface area contributed by atoms with Crippen LogP contribution in [0.5, 0.6) is 0 Å². The van der Waals surface area contributed by atoms with Crippen molar-refractivity contribution in [1.82, 2.24) is 20.0 Å². The minimum atomic E-state index is -0.460. The Kier molecular flexibility index (Phi) is 5.86. The highest BCUT2D eigenvalue weighted by Gasteiger charge is 2.37. The van der Waals surface area contributed by atoms with E-state index in [0.29, 0.717) is 17.8 Å². The number of nitrogens with one attached hydrogen (secondary N) is 1. The van der Waals surface area contributed by atoms with Crippen LogP contribution in [-0.2, 0) is 0 Å². The summed E-state index contributed by atoms with van der Waals surface area (Å²) in [6.07, 6.45) is 4.02. The molecule has 0 saturated carbocycles. The van der Waals surface area contributed by atoms with Crippen molar-refractivity contribution in [3.63, 3.8) is 0 Å². The Morgan fingerprint density at radius 1 is 1.25 bits per heavy atom. The zero-order valence-electron chi connectivity index (χ0n) is 15.9. The van der Waals surface area contributed by atoms with Crippen LogP contribution >= 0.6 is 12.4 Å². The molecule has 0 radical (unpaired) electrons. The fraction of sp³-hybridized carbons (Fsp3) is 0.450. The van der Waals surface area contributed by atoms with Gasteiger partial charge in [-0.25, -0.2) is 9.07 Å². The van der Waals surface area contributed by atoms with Crippen molar-refractivity contribution < 1.29 is 9.18 Å². The maximum atomic E-state index is 14.2. The first-order valence-corrected chi connectivity index (χ1v) is 9.33. The summed E-state index contributed by atoms with van der Waals surface area (Å²) in [5, 5.41) is 7.78. The van der Waals surface area contributed by atoms with Gasteiger partial charge in [-0.15, -0.1) is 12.4 Å². The molecule has 2 atom stereocenters. The number of hydrogen-bond acceptors (Lipinski definition) is 4. The van der Waals surface area contributed by atoms with Gasteiger partial charge in [-0.2, -0.15) is 5.10 Å². The van der Waals surface area contributed by atoms with Crippen LogP contribution in [0, 0.1) is 12.7 Å². The van der Waals surface area contributed by atoms with Gasteiger partial charge in [-0.05, 0) is 44.7 Å². The van der Waals surface area contributed by atoms with Crippen molar-refractivity contribution in [2.24, 2.45) is 0 Å². The molecule has 3 heterocycles. The molecule has 1 aromatic heterocycles. The van der Waals surface area contributed by atoms with Crippen molar-refractivity contribution in [2.45, 2.75) is 50.7 Å². The normalized spacial score (nSPS) is 23.2. The highest BCUT2D eigenvalue weighted by atomic mass is 35.5. The summed E-state index contributed by atoms with van der Waals surface area (Å²) < 4.78 is 15.5. The second kappa shape index (κ2) is 8.01. The molecule has 28 heavy (non-hydrogen) atoms. The lowest BCUT2D eigenvalue weighted by atomic mass is 9.98. The Bertz CT molecular complexity index is 936. The van der Waals surface area contributed by atoms with E-state index >= 15 is 0 Å². The van der Waals surface area contributed by atoms with Crippen molar-refractivity contribution in [3.05, 3.63) is 57.8 Å². The molecular weight excluding hydrogens is 383 g/mol. The van der Waals surface area contributed by atoms with Crippen LogP contribution in [0.3, 0.4) is 0 Å². The zero-order chi connectivity index (χ0) is 19.1. The molecule has 0 aliphatic carbocycles. The number of carbonyl (C=O) groups excluding carboxylic acids is 1. The Morgan fingerprint density at radius 3 is 2.54 bits per heavy atom. The van der Waals surface area contributed by atoms with Gasteiger partial charge in [0.25, 0.3) is 5.91 Å². The predicted octanol–water partition coefficient (Wildman–Crippen LogP) is 2.46. The van der Waals surface area contributed by atoms with E-state index in [9.17, 15) is 14.0 Å². The fourth-order valence-electron chi connectivity index (χ4n) is 4.24. The molecule has 1 amide bonds. The van der Waals surface area contributed by atoms with Crippen LogP contribution < -0.4 is 10.7 Å². The number of halogens is 2. The van der Waals surface area contributed by atoms with E-state index in [0.717, 1.165) is 25.7 Å². The lowest BCUT2D eigenvalue weighted by Crippen LogP contribution is -2.49. The first-order chi connectivity index (χ1) is 12.9. The Hall–Kier alpha value is -2.25. The molecule has 2 fully saturated rings. The predicted molar refractivity (Wildman–Crippen MR) is 107 cm³/mol. The first-order valence-electron chi connectivity index (χ1n) is 9.33. The number of nitrogens with zero attached hydrogens (tertiary/aromatic N) is 3. The van der Waals surface area contributed by atoms with Gasteiger partial charge < -0.3 is 10.2 Å². The van der Waals surface area contributed by atoms with Crippen LogP contribution in [0.2, 0.25) is 0 Å². The number of aromatic nitrogens is 2. The van der Waals surface area contributed by atoms with Crippen LogP contribution in [0.4, 0.5) is 4.39 Å². The standard InChI is InChI=1S/C20H23FN4O2.ClH/c1-12-9-18(26)19(23-25(12)17-6-4-3-5-16(17)21)20(27)24(2)15-10-13-7-8-14(11-15)22-13;/h3-6,9,13-15,22H,7-8,10-11H2,1-2H3;1H. The highest BCUT2D eigenvalue weighted by Crippen LogP contribution is 2.29. The fourth-order valence-corrected chi connectivity index (χ4v) is 4.24. The van der Waals surface area contributed by atoms with Crippen molar-refractivity contribution in [2.75, 3.05) is 7.05 Å². The zero-order valence-corrected chi connectivity index (χ0v) is 16.7. The van der Waals surface area contributed by atoms with Gasteiger partial charge in [0.1, 0.15) is 11.5 Å². The molecule has 2 unspecified atom stereocenters. The number of rotatable bonds is 3. The van der Waals surface area contributed by atoms with E-state index in [1.807, 2.05) is 0 Å². The largest absolute Gasteiger partial charge is 0.337 e. The van der Waals surface area contributed by atoms with Crippen molar-refractivity contribution in [1.29, 1.82) is 0 Å². The summed E-state index contributed by atoms with van der Waals surface area (Å²) >= 11 is 0. The second-order valence-electron chi connectivity index (χ2n) is 7.54. The smallest absolute Gasteiger partial charge is 0.278 e. The van der Waals surface area contributed by atoms with E-state index in [4.69, 9.17) is 0 Å². The van der Waals surface area contributed by atoms with E-state index in [-0.39, 0.29) is 29.8 Å². The average Bonchev–Trinajstić information content (AvgIpc) is 2.99. The van der Waals surface area contributed by atoms with Gasteiger partial charge in [0.15, 0.2) is 5.69 Å². The minimum absolute atomic E-state index is 0. The van der Waals surface area contributed by atoms with Crippen molar-refractivity contribution >= 4 is 18.3 Å². The van der Waals surface area contributed by atoms with Crippen LogP contribution in [-0.4, -0.2) is 45.8 Å². The van der Waals surface area contributed by atoms with E-state index < -0.39 is 17.2 Å². The number of fused-ring (bicyclic) bond motifs is 2. The first kappa shape index (κ1) is 20.5. The van der Waals surface area contributed by atoms with Gasteiger partial charge in [0, 0.05) is 36.9 Å². The highest BCUT2D eigenvalue weighted by molar-refractivity contribution is 5.92. The Labute approximate surface area is 169 Å². The molecule has 2 aliphatic heterocycles. The number of carbonyl (C=O) groups is 1. The molecule has 2 aromatic rings. The molecule has 2 bridgehead atoms. The summed E-state index contributed by atoms with van der Waals surface area (Å²) in [5.74, 6) is -0.866. The number of para-hydroxylation sites is 1. The monoisotopic (exact) mass is 406 g/mol. The van der Waals surface area contributed by atoms with E-state index in [1.165, 1.54) is 16.8 Å². The third kappa shape index (κ3) is 3.69. The number of aryl methyl sites for hydroxylation is 1. The quantitative estimate of drug-likeness (QED) is 0.850. The molecule has 2 saturated heterocycles.